The molecule has 0 unspecified atom stereocenters. The molecule has 5 saturated heterocycles. The second-order valence-electron chi connectivity index (χ2n) is 27.9. The van der Waals surface area contributed by atoms with Crippen molar-refractivity contribution in [3.63, 3.8) is 0 Å². The Bertz CT molecular complexity index is 2380. The largest absolute Gasteiger partial charge is 0.432 e. The molecule has 17 N–H and O–H groups in total. The lowest BCUT2D eigenvalue weighted by molar-refractivity contribution is -0.372. The van der Waals surface area contributed by atoms with Gasteiger partial charge in [-0.05, 0) is 97.7 Å². The highest BCUT2D eigenvalue weighted by Crippen LogP contribution is 2.76. The minimum Gasteiger partial charge on any atom is -0.432 e. The maximum absolute atomic E-state index is 15.4. The van der Waals surface area contributed by atoms with Crippen molar-refractivity contribution in [1.82, 2.24) is 0 Å². The molecule has 4 saturated carbocycles. The normalized spacial score (nSPS) is 54.0. The van der Waals surface area contributed by atoms with Crippen molar-refractivity contribution in [3.05, 3.63) is 11.6 Å². The molecule has 0 aromatic carbocycles. The predicted octanol–water partition coefficient (Wildman–Crippen LogP) is -5.38. The molecule has 5 heterocycles. The van der Waals surface area contributed by atoms with Gasteiger partial charge in [0, 0.05) is 5.41 Å². The van der Waals surface area contributed by atoms with Gasteiger partial charge in [0.2, 0.25) is 6.29 Å². The van der Waals surface area contributed by atoms with Gasteiger partial charge < -0.3 is 134 Å². The summed E-state index contributed by atoms with van der Waals surface area (Å²) < 4.78 is 58.5. The van der Waals surface area contributed by atoms with E-state index in [2.05, 4.69) is 33.8 Å². The number of carbonyl (C=O) groups is 1. The first kappa shape index (κ1) is 66.1. The second-order valence-corrected chi connectivity index (χ2v) is 27.9. The summed E-state index contributed by atoms with van der Waals surface area (Å²) in [6, 6.07) is 0. The summed E-state index contributed by atoms with van der Waals surface area (Å²) in [6.45, 7) is 7.41. The van der Waals surface area contributed by atoms with Crippen molar-refractivity contribution in [3.8, 4) is 0 Å². The van der Waals surface area contributed by atoms with Crippen molar-refractivity contribution < 1.29 is 139 Å². The van der Waals surface area contributed by atoms with Gasteiger partial charge in [-0.2, -0.15) is 0 Å². The third-order valence-corrected chi connectivity index (χ3v) is 22.6. The smallest absolute Gasteiger partial charge is 0.317 e. The summed E-state index contributed by atoms with van der Waals surface area (Å²) in [5.41, 5.74) is -6.87. The monoisotopic (exact) mass is 1220 g/mol. The third-order valence-electron chi connectivity index (χ3n) is 22.6. The van der Waals surface area contributed by atoms with Gasteiger partial charge in [0.1, 0.15) is 90.4 Å². The molecule has 10 rings (SSSR count). The van der Waals surface area contributed by atoms with E-state index in [1.165, 1.54) is 6.92 Å². The average molecular weight is 1230 g/mol. The fourth-order valence-electron chi connectivity index (χ4n) is 17.4. The Morgan fingerprint density at radius 3 is 1.89 bits per heavy atom. The molecule has 488 valence electrons. The fourth-order valence-corrected chi connectivity index (χ4v) is 17.4. The number of hydrogen-bond donors (Lipinski definition) is 17. The Hall–Kier alpha value is -1.83. The molecule has 5 aliphatic heterocycles. The highest BCUT2D eigenvalue weighted by atomic mass is 16.8. The maximum Gasteiger partial charge on any atom is 0.317 e. The average Bonchev–Trinajstić information content (AvgIpc) is 0.951. The van der Waals surface area contributed by atoms with Crippen LogP contribution in [-0.2, 0) is 52.2 Å². The Labute approximate surface area is 491 Å². The summed E-state index contributed by atoms with van der Waals surface area (Å²) in [5, 5.41) is 188. The number of fused-ring (bicyclic) bond motifs is 7. The van der Waals surface area contributed by atoms with Crippen LogP contribution in [0.2, 0.25) is 0 Å². The first-order chi connectivity index (χ1) is 39.9. The first-order valence-electron chi connectivity index (χ1n) is 29.9. The van der Waals surface area contributed by atoms with Gasteiger partial charge in [0.05, 0.1) is 70.7 Å². The second kappa shape index (κ2) is 24.0. The summed E-state index contributed by atoms with van der Waals surface area (Å²) in [5.74, 6) is -2.25. The molecule has 10 aliphatic rings. The van der Waals surface area contributed by atoms with Crippen LogP contribution in [0.5, 0.6) is 0 Å². The van der Waals surface area contributed by atoms with E-state index in [4.69, 9.17) is 47.4 Å². The van der Waals surface area contributed by atoms with Crippen LogP contribution in [0, 0.1) is 50.2 Å². The molecule has 31 atom stereocenters. The van der Waals surface area contributed by atoms with Crippen LogP contribution in [0.4, 0.5) is 0 Å². The van der Waals surface area contributed by atoms with Crippen LogP contribution >= 0.6 is 0 Å². The zero-order chi connectivity index (χ0) is 62.1. The van der Waals surface area contributed by atoms with Gasteiger partial charge in [0.15, 0.2) is 31.3 Å². The van der Waals surface area contributed by atoms with E-state index in [1.54, 1.807) is 0 Å². The van der Waals surface area contributed by atoms with E-state index >= 15 is 4.79 Å². The lowest BCUT2D eigenvalue weighted by Gasteiger charge is -2.72. The Balaban J connectivity index is 0.864. The molecular weight excluding hydrogens is 1130 g/mol. The number of aliphatic hydroxyl groups is 17. The lowest BCUT2D eigenvalue weighted by Crippen LogP contribution is -2.71. The van der Waals surface area contributed by atoms with Crippen molar-refractivity contribution in [1.29, 1.82) is 0 Å². The Morgan fingerprint density at radius 2 is 1.24 bits per heavy atom. The van der Waals surface area contributed by atoms with Crippen molar-refractivity contribution in [2.75, 3.05) is 46.2 Å². The number of rotatable bonds is 14. The van der Waals surface area contributed by atoms with Crippen molar-refractivity contribution in [2.24, 2.45) is 50.2 Å². The fraction of sp³-hybridized carbons (Fsp3) is 0.947. The van der Waals surface area contributed by atoms with Gasteiger partial charge in [-0.1, -0.05) is 46.3 Å². The van der Waals surface area contributed by atoms with E-state index in [-0.39, 0.29) is 30.6 Å². The molecular formula is C57H92O28. The molecule has 5 aliphatic carbocycles. The number of ether oxygens (including phenoxy) is 10. The van der Waals surface area contributed by atoms with Gasteiger partial charge in [0.25, 0.3) is 0 Å². The summed E-state index contributed by atoms with van der Waals surface area (Å²) in [7, 11) is 0. The molecule has 28 heteroatoms. The molecule has 0 radical (unpaired) electrons. The summed E-state index contributed by atoms with van der Waals surface area (Å²) in [6.07, 6.45) is -32.8. The number of aliphatic hydroxyl groups excluding tert-OH is 16. The highest BCUT2D eigenvalue weighted by Gasteiger charge is 2.74. The SMILES string of the molecule is C[C@H]1O[C@H](O[C@@H]2[C@@H](OC(=O)[C@@]34CCC(C)(C)C[C@@H]3C3=CC[C@H]5[C@]6(C)C[C@@H](O)[C@@H](O[C@H]7O[C@@H](CO)[C@H](O)[C@@H](O)[C@@H]7O)C(CO)(CO)[C@H]6CC[C@]5(C)[C@@]3(C)C[C@@H]4O)OC[C@@H](O)[C@H]2O)[C@@H](O)[C@@H](O)[C@@H]1O[C@H]1OC[C@H](O)[C@@H](O[C@H]2OC[C@@](O)(CO)[C@@H]2O)[C@@H]1O. The molecule has 0 bridgehead atoms. The first-order valence-corrected chi connectivity index (χ1v) is 29.9. The van der Waals surface area contributed by atoms with Crippen LogP contribution in [0.15, 0.2) is 11.6 Å². The van der Waals surface area contributed by atoms with E-state index in [0.717, 1.165) is 5.57 Å². The quantitative estimate of drug-likeness (QED) is 0.0439. The highest BCUT2D eigenvalue weighted by molar-refractivity contribution is 5.80. The van der Waals surface area contributed by atoms with Crippen molar-refractivity contribution >= 4 is 5.97 Å². The van der Waals surface area contributed by atoms with Gasteiger partial charge in [-0.25, -0.2) is 0 Å². The maximum atomic E-state index is 15.4. The van der Waals surface area contributed by atoms with E-state index in [1.807, 2.05) is 6.92 Å². The minimum atomic E-state index is -2.08. The van der Waals surface area contributed by atoms with Gasteiger partial charge in [-0.15, -0.1) is 0 Å². The van der Waals surface area contributed by atoms with Crippen LogP contribution in [0.25, 0.3) is 0 Å². The zero-order valence-electron chi connectivity index (χ0n) is 48.8. The predicted molar refractivity (Wildman–Crippen MR) is 282 cm³/mol. The number of hydrogen-bond acceptors (Lipinski definition) is 28. The van der Waals surface area contributed by atoms with Gasteiger partial charge >= 0.3 is 5.97 Å². The van der Waals surface area contributed by atoms with Crippen LogP contribution < -0.4 is 0 Å². The van der Waals surface area contributed by atoms with Gasteiger partial charge in [-0.3, -0.25) is 4.79 Å². The lowest BCUT2D eigenvalue weighted by atomic mass is 9.33. The molecule has 0 amide bonds. The molecule has 28 nitrogen and oxygen atoms in total. The number of allylic oxidation sites excluding steroid dienone is 2. The molecule has 0 aromatic heterocycles. The topological polar surface area (TPSA) is 453 Å². The molecule has 85 heavy (non-hydrogen) atoms. The molecule has 0 spiro atoms. The van der Waals surface area contributed by atoms with Crippen LogP contribution in [-0.4, -0.2) is 286 Å². The number of carbonyl (C=O) groups excluding carboxylic acids is 1. The Morgan fingerprint density at radius 1 is 0.600 bits per heavy atom. The van der Waals surface area contributed by atoms with E-state index < -0.39 is 238 Å². The zero-order valence-corrected chi connectivity index (χ0v) is 48.8. The summed E-state index contributed by atoms with van der Waals surface area (Å²) in [4.78, 5) is 15.4. The van der Waals surface area contributed by atoms with E-state index in [0.29, 0.717) is 32.1 Å². The standard InChI is InChI=1S/C57H92O28/c1-23-40(81-45-39(72)41(28(64)18-76-45)82-49-43(73)56(75,21-61)22-78-49)36(69)38(71)46(79-23)83-42-33(66)27(63)17-77-48(42)85-50(74)57-12-11-51(2,3)13-25(57)24-7-8-30-52(4)14-26(62)44(84-47-37(70)35(68)34(67)29(16-58)80-47)55(19-59,20-60)31(52)9-10-53(30,5)54(24,6)15-32(57)65/h7,23,25-49,58-73,75H,8-22H2,1-6H3/t23-,25-,26-,27-,28+,29+,30+,31+,32+,33-,34+,35-,36-,37+,38+,39+,40-,41-,42+,43-,44-,45-,46-,47-,48-,49-,52+,53+,54+,56+,57+/m1/s1. The summed E-state index contributed by atoms with van der Waals surface area (Å²) >= 11 is 0. The molecule has 9 fully saturated rings. The molecule has 0 aromatic rings. The minimum absolute atomic E-state index is 0.0767. The van der Waals surface area contributed by atoms with Crippen LogP contribution in [0.3, 0.4) is 0 Å². The van der Waals surface area contributed by atoms with E-state index in [9.17, 15) is 86.8 Å². The number of esters is 1. The van der Waals surface area contributed by atoms with Crippen LogP contribution in [0.1, 0.15) is 92.9 Å². The Kier molecular flexibility index (Phi) is 18.7. The van der Waals surface area contributed by atoms with Crippen molar-refractivity contribution in [2.45, 2.75) is 240 Å². The third kappa shape index (κ3) is 10.6.